The van der Waals surface area contributed by atoms with Gasteiger partial charge in [0.25, 0.3) is 5.91 Å². The Morgan fingerprint density at radius 3 is 2.10 bits per heavy atom. The second kappa shape index (κ2) is 5.38. The lowest BCUT2D eigenvalue weighted by atomic mass is 10.1. The summed E-state index contributed by atoms with van der Waals surface area (Å²) in [5.41, 5.74) is -5.33. The standard InChI is InChI=1S/C11H8ClF6NO2/c1-9(21,11(16,17)18)8(20)19-7-3-2-5(4-6(7)12)10(13,14)15/h2-4,21H,1H3,(H,19,20). The van der Waals surface area contributed by atoms with E-state index >= 15 is 0 Å². The highest BCUT2D eigenvalue weighted by Gasteiger charge is 2.55. The average Bonchev–Trinajstić information content (AvgIpc) is 2.28. The number of nitrogens with one attached hydrogen (secondary N) is 1. The molecule has 0 saturated carbocycles. The van der Waals surface area contributed by atoms with Crippen molar-refractivity contribution in [3.05, 3.63) is 28.8 Å². The number of amides is 1. The summed E-state index contributed by atoms with van der Waals surface area (Å²) in [6.07, 6.45) is -9.95. The van der Waals surface area contributed by atoms with Crippen molar-refractivity contribution in [3.8, 4) is 0 Å². The van der Waals surface area contributed by atoms with Crippen molar-refractivity contribution in [1.82, 2.24) is 0 Å². The first-order chi connectivity index (χ1) is 9.26. The Kier molecular flexibility index (Phi) is 4.50. The Hall–Kier alpha value is -1.48. The molecule has 1 unspecified atom stereocenters. The van der Waals surface area contributed by atoms with Crippen LogP contribution in [0.1, 0.15) is 12.5 Å². The molecular weight excluding hydrogens is 328 g/mol. The summed E-state index contributed by atoms with van der Waals surface area (Å²) in [5, 5.41) is 10.1. The monoisotopic (exact) mass is 335 g/mol. The Balaban J connectivity index is 3.03. The number of aliphatic hydroxyl groups is 1. The lowest BCUT2D eigenvalue weighted by Crippen LogP contribution is -2.52. The third-order valence-corrected chi connectivity index (χ3v) is 2.85. The molecule has 0 aliphatic heterocycles. The first-order valence-electron chi connectivity index (χ1n) is 5.24. The van der Waals surface area contributed by atoms with Gasteiger partial charge >= 0.3 is 12.4 Å². The molecule has 0 bridgehead atoms. The number of carbonyl (C=O) groups is 1. The summed E-state index contributed by atoms with van der Waals surface area (Å²) in [6, 6.07) is 1.67. The molecule has 10 heteroatoms. The van der Waals surface area contributed by atoms with E-state index in [2.05, 4.69) is 0 Å². The second-order valence-electron chi connectivity index (χ2n) is 4.22. The maximum Gasteiger partial charge on any atom is 0.426 e. The minimum atomic E-state index is -5.25. The quantitative estimate of drug-likeness (QED) is 0.811. The molecule has 0 aliphatic carbocycles. The van der Waals surface area contributed by atoms with Crippen LogP contribution < -0.4 is 5.32 Å². The van der Waals surface area contributed by atoms with Crippen molar-refractivity contribution >= 4 is 23.2 Å². The molecule has 0 radical (unpaired) electrons. The molecule has 1 aromatic carbocycles. The van der Waals surface area contributed by atoms with Gasteiger partial charge in [0, 0.05) is 0 Å². The number of benzene rings is 1. The summed E-state index contributed by atoms with van der Waals surface area (Å²) >= 11 is 5.47. The van der Waals surface area contributed by atoms with E-state index in [0.29, 0.717) is 18.2 Å². The topological polar surface area (TPSA) is 49.3 Å². The van der Waals surface area contributed by atoms with Crippen molar-refractivity contribution in [2.24, 2.45) is 0 Å². The van der Waals surface area contributed by atoms with E-state index < -0.39 is 40.1 Å². The second-order valence-corrected chi connectivity index (χ2v) is 4.62. The van der Waals surface area contributed by atoms with Crippen LogP contribution in [0.15, 0.2) is 18.2 Å². The Morgan fingerprint density at radius 2 is 1.71 bits per heavy atom. The lowest BCUT2D eigenvalue weighted by molar-refractivity contribution is -0.242. The number of hydrogen-bond acceptors (Lipinski definition) is 2. The maximum absolute atomic E-state index is 12.4. The predicted octanol–water partition coefficient (Wildman–Crippen LogP) is 3.61. The van der Waals surface area contributed by atoms with Crippen LogP contribution in [0.25, 0.3) is 0 Å². The van der Waals surface area contributed by atoms with Gasteiger partial charge in [0.1, 0.15) is 0 Å². The molecule has 0 aromatic heterocycles. The predicted molar refractivity (Wildman–Crippen MR) is 61.8 cm³/mol. The largest absolute Gasteiger partial charge is 0.426 e. The van der Waals surface area contributed by atoms with Gasteiger partial charge in [-0.1, -0.05) is 11.6 Å². The Bertz CT molecular complexity index is 553. The minimum absolute atomic E-state index is 0.209. The first-order valence-corrected chi connectivity index (χ1v) is 5.62. The summed E-state index contributed by atoms with van der Waals surface area (Å²) in [6.45, 7) is 0.209. The fraction of sp³-hybridized carbons (Fsp3) is 0.364. The van der Waals surface area contributed by atoms with Crippen LogP contribution in [0.4, 0.5) is 32.0 Å². The molecule has 0 saturated heterocycles. The maximum atomic E-state index is 12.4. The Morgan fingerprint density at radius 1 is 1.19 bits per heavy atom. The third-order valence-electron chi connectivity index (χ3n) is 2.54. The molecular formula is C11H8ClF6NO2. The third kappa shape index (κ3) is 3.79. The number of rotatable bonds is 2. The normalized spacial score (nSPS) is 15.5. The molecule has 1 amide bonds. The van der Waals surface area contributed by atoms with Gasteiger partial charge in [0.2, 0.25) is 5.60 Å². The highest BCUT2D eigenvalue weighted by atomic mass is 35.5. The smallest absolute Gasteiger partial charge is 0.373 e. The molecule has 1 rings (SSSR count). The van der Waals surface area contributed by atoms with E-state index in [9.17, 15) is 31.1 Å². The van der Waals surface area contributed by atoms with E-state index in [1.807, 2.05) is 0 Å². The van der Waals surface area contributed by atoms with Gasteiger partial charge in [-0.05, 0) is 25.1 Å². The van der Waals surface area contributed by atoms with Gasteiger partial charge in [0.05, 0.1) is 16.3 Å². The van der Waals surface area contributed by atoms with Crippen LogP contribution in [0, 0.1) is 0 Å². The number of anilines is 1. The van der Waals surface area contributed by atoms with E-state index in [1.165, 1.54) is 0 Å². The van der Waals surface area contributed by atoms with Crippen molar-refractivity contribution in [2.45, 2.75) is 24.9 Å². The lowest BCUT2D eigenvalue weighted by Gasteiger charge is -2.25. The molecule has 21 heavy (non-hydrogen) atoms. The van der Waals surface area contributed by atoms with Gasteiger partial charge in [-0.2, -0.15) is 26.3 Å². The number of carbonyl (C=O) groups excluding carboxylic acids is 1. The number of hydrogen-bond donors (Lipinski definition) is 2. The van der Waals surface area contributed by atoms with E-state index in [4.69, 9.17) is 16.7 Å². The number of halogens is 7. The van der Waals surface area contributed by atoms with Crippen molar-refractivity contribution in [3.63, 3.8) is 0 Å². The summed E-state index contributed by atoms with van der Waals surface area (Å²) < 4.78 is 74.4. The summed E-state index contributed by atoms with van der Waals surface area (Å²) in [5.74, 6) is -1.86. The van der Waals surface area contributed by atoms with Crippen LogP contribution in [-0.2, 0) is 11.0 Å². The fourth-order valence-electron chi connectivity index (χ4n) is 1.17. The summed E-state index contributed by atoms with van der Waals surface area (Å²) in [4.78, 5) is 11.4. The highest BCUT2D eigenvalue weighted by Crippen LogP contribution is 2.35. The van der Waals surface area contributed by atoms with Crippen molar-refractivity contribution in [1.29, 1.82) is 0 Å². The Labute approximate surface area is 119 Å². The molecule has 1 aromatic rings. The highest BCUT2D eigenvalue weighted by molar-refractivity contribution is 6.33. The molecule has 3 nitrogen and oxygen atoms in total. The molecule has 0 heterocycles. The van der Waals surface area contributed by atoms with E-state index in [-0.39, 0.29) is 6.92 Å². The van der Waals surface area contributed by atoms with Gasteiger partial charge < -0.3 is 10.4 Å². The van der Waals surface area contributed by atoms with Crippen molar-refractivity contribution in [2.75, 3.05) is 5.32 Å². The SMILES string of the molecule is CC(O)(C(=O)Nc1ccc(C(F)(F)F)cc1Cl)C(F)(F)F. The zero-order valence-corrected chi connectivity index (χ0v) is 11.0. The summed E-state index contributed by atoms with van der Waals surface area (Å²) in [7, 11) is 0. The average molecular weight is 336 g/mol. The molecule has 0 aliphatic rings. The van der Waals surface area contributed by atoms with Crippen LogP contribution in [0.3, 0.4) is 0 Å². The number of alkyl halides is 6. The van der Waals surface area contributed by atoms with Gasteiger partial charge in [-0.25, -0.2) is 0 Å². The first kappa shape index (κ1) is 17.6. The van der Waals surface area contributed by atoms with E-state index in [1.54, 1.807) is 5.32 Å². The fourth-order valence-corrected chi connectivity index (χ4v) is 1.39. The molecule has 1 atom stereocenters. The zero-order valence-electron chi connectivity index (χ0n) is 10.2. The minimum Gasteiger partial charge on any atom is -0.373 e. The zero-order chi connectivity index (χ0) is 16.6. The van der Waals surface area contributed by atoms with Crippen LogP contribution in [0.5, 0.6) is 0 Å². The van der Waals surface area contributed by atoms with Crippen LogP contribution in [0.2, 0.25) is 5.02 Å². The van der Waals surface area contributed by atoms with Gasteiger partial charge in [-0.15, -0.1) is 0 Å². The van der Waals surface area contributed by atoms with E-state index in [0.717, 1.165) is 0 Å². The van der Waals surface area contributed by atoms with Gasteiger partial charge in [0.15, 0.2) is 0 Å². The molecule has 2 N–H and O–H groups in total. The molecule has 118 valence electrons. The van der Waals surface area contributed by atoms with Crippen molar-refractivity contribution < 1.29 is 36.2 Å². The molecule has 0 fully saturated rings. The molecule has 0 spiro atoms. The van der Waals surface area contributed by atoms with Crippen LogP contribution in [-0.4, -0.2) is 22.8 Å². The van der Waals surface area contributed by atoms with Gasteiger partial charge in [-0.3, -0.25) is 4.79 Å². The van der Waals surface area contributed by atoms with Crippen LogP contribution >= 0.6 is 11.6 Å².